The number of nitrogens with one attached hydrogen (secondary N) is 1. The van der Waals surface area contributed by atoms with E-state index in [1.807, 2.05) is 0 Å². The van der Waals surface area contributed by atoms with Gasteiger partial charge < -0.3 is 25.8 Å². The highest BCUT2D eigenvalue weighted by Gasteiger charge is 2.34. The zero-order chi connectivity index (χ0) is 17.9. The van der Waals surface area contributed by atoms with Crippen LogP contribution in [0.1, 0.15) is 10.4 Å². The number of esters is 1. The van der Waals surface area contributed by atoms with Crippen molar-refractivity contribution in [3.63, 3.8) is 0 Å². The van der Waals surface area contributed by atoms with E-state index in [0.717, 1.165) is 0 Å². The van der Waals surface area contributed by atoms with Gasteiger partial charge in [0.15, 0.2) is 0 Å². The predicted molar refractivity (Wildman–Crippen MR) is 86.3 cm³/mol. The molecule has 0 saturated carbocycles. The Hall–Kier alpha value is -2.58. The minimum absolute atomic E-state index is 0.0293. The van der Waals surface area contributed by atoms with E-state index in [0.29, 0.717) is 5.69 Å². The Bertz CT molecular complexity index is 732. The van der Waals surface area contributed by atoms with Gasteiger partial charge in [-0.25, -0.2) is 4.79 Å². The summed E-state index contributed by atoms with van der Waals surface area (Å²) < 4.78 is 4.69. The molecule has 1 aliphatic rings. The molecule has 0 aromatic heterocycles. The minimum atomic E-state index is -0.674. The van der Waals surface area contributed by atoms with Crippen molar-refractivity contribution in [1.82, 2.24) is 4.90 Å². The van der Waals surface area contributed by atoms with Crippen LogP contribution >= 0.6 is 11.6 Å². The van der Waals surface area contributed by atoms with E-state index >= 15 is 0 Å². The molecule has 2 amide bonds. The molecule has 9 heteroatoms. The van der Waals surface area contributed by atoms with Gasteiger partial charge in [-0.3, -0.25) is 9.59 Å². The highest BCUT2D eigenvalue weighted by molar-refractivity contribution is 6.34. The van der Waals surface area contributed by atoms with Crippen LogP contribution < -0.4 is 11.1 Å². The number of amides is 2. The van der Waals surface area contributed by atoms with Gasteiger partial charge >= 0.3 is 5.97 Å². The van der Waals surface area contributed by atoms with Crippen LogP contribution in [0.2, 0.25) is 5.02 Å². The lowest BCUT2D eigenvalue weighted by molar-refractivity contribution is -0.136. The number of rotatable bonds is 6. The van der Waals surface area contributed by atoms with Crippen LogP contribution in [-0.2, 0) is 14.3 Å². The Balaban J connectivity index is 2.33. The highest BCUT2D eigenvalue weighted by Crippen LogP contribution is 2.26. The number of carbonyl (C=O) groups excluding carboxylic acids is 3. The Morgan fingerprint density at radius 2 is 2.17 bits per heavy atom. The monoisotopic (exact) mass is 353 g/mol. The fourth-order valence-corrected chi connectivity index (χ4v) is 2.56. The predicted octanol–water partition coefficient (Wildman–Crippen LogP) is 0.112. The largest absolute Gasteiger partial charge is 0.466 e. The van der Waals surface area contributed by atoms with Crippen LogP contribution in [0.4, 0.5) is 5.69 Å². The van der Waals surface area contributed by atoms with Crippen molar-refractivity contribution in [1.29, 1.82) is 0 Å². The highest BCUT2D eigenvalue weighted by atomic mass is 35.5. The second-order valence-electron chi connectivity index (χ2n) is 4.98. The molecule has 4 N–H and O–H groups in total. The van der Waals surface area contributed by atoms with E-state index in [9.17, 15) is 14.4 Å². The Morgan fingerprint density at radius 1 is 1.46 bits per heavy atom. The smallest absolute Gasteiger partial charge is 0.337 e. The summed E-state index contributed by atoms with van der Waals surface area (Å²) in [6.45, 7) is -0.111. The average molecular weight is 354 g/mol. The van der Waals surface area contributed by atoms with Crippen molar-refractivity contribution in [2.24, 2.45) is 5.73 Å². The molecule has 2 rings (SSSR count). The maximum absolute atomic E-state index is 12.4. The van der Waals surface area contributed by atoms with Gasteiger partial charge in [-0.2, -0.15) is 0 Å². The molecule has 8 nitrogen and oxygen atoms in total. The number of nitrogens with zero attached hydrogens (tertiary/aromatic N) is 1. The summed E-state index contributed by atoms with van der Waals surface area (Å²) >= 11 is 5.97. The maximum Gasteiger partial charge on any atom is 0.337 e. The average Bonchev–Trinajstić information content (AvgIpc) is 2.84. The molecule has 1 aliphatic heterocycles. The van der Waals surface area contributed by atoms with Gasteiger partial charge in [0, 0.05) is 12.2 Å². The summed E-state index contributed by atoms with van der Waals surface area (Å²) in [7, 11) is 1.21. The molecule has 0 aliphatic carbocycles. The molecule has 0 radical (unpaired) electrons. The van der Waals surface area contributed by atoms with E-state index in [-0.39, 0.29) is 41.6 Å². The van der Waals surface area contributed by atoms with Crippen LogP contribution in [0.15, 0.2) is 29.5 Å². The normalized spacial score (nSPS) is 14.1. The first kappa shape index (κ1) is 17.8. The minimum Gasteiger partial charge on any atom is -0.466 e. The van der Waals surface area contributed by atoms with E-state index in [4.69, 9.17) is 22.4 Å². The number of hydrogen-bond donors (Lipinski definition) is 3. The lowest BCUT2D eigenvalue weighted by Crippen LogP contribution is -2.31. The number of aliphatic hydroxyl groups excluding tert-OH is 1. The molecule has 0 unspecified atom stereocenters. The van der Waals surface area contributed by atoms with Crippen molar-refractivity contribution < 1.29 is 24.2 Å². The molecule has 1 aromatic carbocycles. The van der Waals surface area contributed by atoms with Gasteiger partial charge in [-0.05, 0) is 18.2 Å². The lowest BCUT2D eigenvalue weighted by atomic mass is 10.1. The number of ether oxygens (including phenoxy) is 1. The van der Waals surface area contributed by atoms with Gasteiger partial charge in [0.05, 0.1) is 36.4 Å². The van der Waals surface area contributed by atoms with Crippen molar-refractivity contribution in [2.75, 3.05) is 32.1 Å². The molecule has 0 saturated heterocycles. The number of primary amides is 1. The zero-order valence-corrected chi connectivity index (χ0v) is 13.6. The van der Waals surface area contributed by atoms with Gasteiger partial charge in [-0.1, -0.05) is 11.6 Å². The zero-order valence-electron chi connectivity index (χ0n) is 12.8. The van der Waals surface area contributed by atoms with Crippen LogP contribution in [0.5, 0.6) is 0 Å². The molecular weight excluding hydrogens is 338 g/mol. The number of nitrogens with two attached hydrogens (primary N) is 1. The van der Waals surface area contributed by atoms with Crippen molar-refractivity contribution in [3.8, 4) is 0 Å². The Kier molecular flexibility index (Phi) is 5.42. The number of methoxy groups -OCH3 is 1. The van der Waals surface area contributed by atoms with E-state index < -0.39 is 17.8 Å². The first-order valence-corrected chi connectivity index (χ1v) is 7.34. The van der Waals surface area contributed by atoms with Gasteiger partial charge in [0.2, 0.25) is 5.91 Å². The Labute approximate surface area is 142 Å². The first-order valence-electron chi connectivity index (χ1n) is 6.97. The quantitative estimate of drug-likeness (QED) is 0.624. The van der Waals surface area contributed by atoms with E-state index in [1.54, 1.807) is 0 Å². The third-order valence-electron chi connectivity index (χ3n) is 3.46. The van der Waals surface area contributed by atoms with Crippen LogP contribution in [0, 0.1) is 0 Å². The van der Waals surface area contributed by atoms with E-state index in [1.165, 1.54) is 30.2 Å². The van der Waals surface area contributed by atoms with Crippen molar-refractivity contribution in [2.45, 2.75) is 0 Å². The summed E-state index contributed by atoms with van der Waals surface area (Å²) in [5, 5.41) is 11.9. The van der Waals surface area contributed by atoms with Crippen molar-refractivity contribution >= 4 is 35.1 Å². The first-order chi connectivity index (χ1) is 11.4. The van der Waals surface area contributed by atoms with Crippen LogP contribution in [-0.4, -0.2) is 54.6 Å². The number of benzene rings is 1. The molecule has 0 fully saturated rings. The number of hydrogen-bond acceptors (Lipinski definition) is 6. The summed E-state index contributed by atoms with van der Waals surface area (Å²) in [6.07, 6.45) is 0. The number of anilines is 1. The molecule has 24 heavy (non-hydrogen) atoms. The summed E-state index contributed by atoms with van der Waals surface area (Å²) in [4.78, 5) is 36.7. The maximum atomic E-state index is 12.4. The summed E-state index contributed by atoms with van der Waals surface area (Å²) in [6, 6.07) is 4.34. The summed E-state index contributed by atoms with van der Waals surface area (Å²) in [5.74, 6) is -1.77. The molecule has 0 atom stereocenters. The van der Waals surface area contributed by atoms with Crippen LogP contribution in [0.25, 0.3) is 0 Å². The number of halogens is 1. The summed E-state index contributed by atoms with van der Waals surface area (Å²) in [5.41, 5.74) is 5.91. The fraction of sp³-hybridized carbons (Fsp3) is 0.267. The number of carbonyl (C=O) groups is 3. The van der Waals surface area contributed by atoms with Gasteiger partial charge in [0.25, 0.3) is 5.91 Å². The Morgan fingerprint density at radius 3 is 2.71 bits per heavy atom. The van der Waals surface area contributed by atoms with Crippen LogP contribution in [0.3, 0.4) is 0 Å². The number of β-amino-alcohol motifs (C(OH)–C–C–N with tert-alkyl or cyclic N) is 1. The molecule has 1 aromatic rings. The standard InChI is InChI=1S/C15H16ClN3O5/c1-24-15(23)10-7-19(4-5-20)14(22)12(10)18-8-2-3-9(13(17)21)11(16)6-8/h2-3,6,18,20H,4-5,7H2,1H3,(H2,17,21). The molecule has 0 bridgehead atoms. The molecule has 128 valence electrons. The second kappa shape index (κ2) is 7.33. The lowest BCUT2D eigenvalue weighted by Gasteiger charge is -2.15. The molecular formula is C15H16ClN3O5. The topological polar surface area (TPSA) is 122 Å². The SMILES string of the molecule is COC(=O)C1=C(Nc2ccc(C(N)=O)c(Cl)c2)C(=O)N(CCO)C1. The van der Waals surface area contributed by atoms with Crippen molar-refractivity contribution in [3.05, 3.63) is 40.1 Å². The second-order valence-corrected chi connectivity index (χ2v) is 5.39. The third kappa shape index (κ3) is 3.50. The third-order valence-corrected chi connectivity index (χ3v) is 3.77. The van der Waals surface area contributed by atoms with Gasteiger partial charge in [0.1, 0.15) is 5.70 Å². The number of aliphatic hydroxyl groups is 1. The fourth-order valence-electron chi connectivity index (χ4n) is 2.29. The molecule has 1 heterocycles. The van der Waals surface area contributed by atoms with Gasteiger partial charge in [-0.15, -0.1) is 0 Å². The van der Waals surface area contributed by atoms with E-state index in [2.05, 4.69) is 10.1 Å². The molecule has 0 spiro atoms.